The number of carbonyl (C=O) groups is 2. The summed E-state index contributed by atoms with van der Waals surface area (Å²) in [6.45, 7) is 6.25. The van der Waals surface area contributed by atoms with Crippen LogP contribution >= 0.6 is 0 Å². The fourth-order valence-electron chi connectivity index (χ4n) is 2.60. The minimum absolute atomic E-state index is 0.0436. The summed E-state index contributed by atoms with van der Waals surface area (Å²) >= 11 is 0. The van der Waals surface area contributed by atoms with Gasteiger partial charge in [0, 0.05) is 13.1 Å². The largest absolute Gasteiger partial charge is 0.481 e. The van der Waals surface area contributed by atoms with Crippen molar-refractivity contribution < 1.29 is 19.2 Å². The molecule has 1 unspecified atom stereocenters. The summed E-state index contributed by atoms with van der Waals surface area (Å²) in [4.78, 5) is 25.5. The second-order valence-electron chi connectivity index (χ2n) is 5.91. The molecule has 0 spiro atoms. The summed E-state index contributed by atoms with van der Waals surface area (Å²) in [5, 5.41) is 12.9. The average Bonchev–Trinajstić information content (AvgIpc) is 2.84. The normalized spacial score (nSPS) is 19.9. The molecule has 0 aromatic carbocycles. The number of likely N-dealkylation sites (tertiary alicyclic amines) is 1. The molecule has 1 N–H and O–H groups in total. The van der Waals surface area contributed by atoms with Crippen LogP contribution in [0.15, 0.2) is 10.7 Å². The van der Waals surface area contributed by atoms with Gasteiger partial charge in [-0.25, -0.2) is 0 Å². The lowest BCUT2D eigenvalue weighted by Crippen LogP contribution is -2.46. The lowest BCUT2D eigenvalue weighted by Gasteiger charge is -2.39. The van der Waals surface area contributed by atoms with Crippen molar-refractivity contribution in [3.63, 3.8) is 0 Å². The van der Waals surface area contributed by atoms with Crippen molar-refractivity contribution >= 4 is 11.9 Å². The first-order valence-corrected chi connectivity index (χ1v) is 6.78. The van der Waals surface area contributed by atoms with Gasteiger partial charge in [0.2, 0.25) is 0 Å². The summed E-state index contributed by atoms with van der Waals surface area (Å²) in [6.07, 6.45) is 3.06. The van der Waals surface area contributed by atoms with Gasteiger partial charge in [0.05, 0.1) is 11.6 Å². The topological polar surface area (TPSA) is 83.6 Å². The Morgan fingerprint density at radius 2 is 2.20 bits per heavy atom. The monoisotopic (exact) mass is 280 g/mol. The predicted octanol–water partition coefficient (Wildman–Crippen LogP) is 1.95. The van der Waals surface area contributed by atoms with Crippen molar-refractivity contribution in [3.8, 4) is 0 Å². The molecular formula is C14H20N2O4. The van der Waals surface area contributed by atoms with E-state index in [0.29, 0.717) is 24.4 Å². The highest BCUT2D eigenvalue weighted by Crippen LogP contribution is 2.34. The third kappa shape index (κ3) is 2.55. The zero-order valence-electron chi connectivity index (χ0n) is 12.0. The number of rotatable bonds is 3. The van der Waals surface area contributed by atoms with E-state index in [1.165, 1.54) is 6.20 Å². The van der Waals surface area contributed by atoms with Crippen LogP contribution in [-0.2, 0) is 4.79 Å². The molecule has 1 aromatic heterocycles. The Morgan fingerprint density at radius 1 is 1.50 bits per heavy atom. The fourth-order valence-corrected chi connectivity index (χ4v) is 2.60. The van der Waals surface area contributed by atoms with Crippen LogP contribution in [0.25, 0.3) is 0 Å². The first-order chi connectivity index (χ1) is 9.34. The van der Waals surface area contributed by atoms with Crippen LogP contribution in [0.5, 0.6) is 0 Å². The lowest BCUT2D eigenvalue weighted by molar-refractivity contribution is -0.151. The van der Waals surface area contributed by atoms with E-state index in [4.69, 9.17) is 4.52 Å². The SMILES string of the molecule is Cc1oncc1C(=O)N1CCCC(C(C)(C)C(=O)O)C1. The van der Waals surface area contributed by atoms with E-state index in [9.17, 15) is 14.7 Å². The van der Waals surface area contributed by atoms with Crippen molar-refractivity contribution in [2.24, 2.45) is 11.3 Å². The smallest absolute Gasteiger partial charge is 0.309 e. The number of carbonyl (C=O) groups excluding carboxylic acids is 1. The van der Waals surface area contributed by atoms with Gasteiger partial charge in [-0.2, -0.15) is 0 Å². The highest BCUT2D eigenvalue weighted by molar-refractivity contribution is 5.94. The fraction of sp³-hybridized carbons (Fsp3) is 0.643. The second kappa shape index (κ2) is 5.26. The standard InChI is InChI=1S/C14H20N2O4/c1-9-11(7-15-20-9)12(17)16-6-4-5-10(8-16)14(2,3)13(18)19/h7,10H,4-6,8H2,1-3H3,(H,18,19). The molecule has 1 aromatic rings. The second-order valence-corrected chi connectivity index (χ2v) is 5.91. The maximum absolute atomic E-state index is 12.4. The van der Waals surface area contributed by atoms with Crippen LogP contribution in [-0.4, -0.2) is 40.1 Å². The number of piperidine rings is 1. The van der Waals surface area contributed by atoms with Gasteiger partial charge in [0.1, 0.15) is 11.3 Å². The van der Waals surface area contributed by atoms with Crippen molar-refractivity contribution in [1.82, 2.24) is 10.1 Å². The van der Waals surface area contributed by atoms with E-state index in [1.54, 1.807) is 25.7 Å². The molecule has 0 saturated carbocycles. The van der Waals surface area contributed by atoms with Crippen LogP contribution in [0.2, 0.25) is 0 Å². The van der Waals surface area contributed by atoms with Crippen LogP contribution in [0, 0.1) is 18.3 Å². The summed E-state index contributed by atoms with van der Waals surface area (Å²) in [5.74, 6) is -0.500. The van der Waals surface area contributed by atoms with Crippen molar-refractivity contribution in [1.29, 1.82) is 0 Å². The van der Waals surface area contributed by atoms with Gasteiger partial charge in [-0.15, -0.1) is 0 Å². The zero-order chi connectivity index (χ0) is 14.9. The number of amides is 1. The number of hydrogen-bond donors (Lipinski definition) is 1. The predicted molar refractivity (Wildman–Crippen MR) is 71.3 cm³/mol. The van der Waals surface area contributed by atoms with Crippen LogP contribution in [0.3, 0.4) is 0 Å². The Labute approximate surface area is 117 Å². The molecule has 20 heavy (non-hydrogen) atoms. The summed E-state index contributed by atoms with van der Waals surface area (Å²) in [7, 11) is 0. The zero-order valence-corrected chi connectivity index (χ0v) is 12.0. The van der Waals surface area contributed by atoms with Crippen molar-refractivity contribution in [2.45, 2.75) is 33.6 Å². The number of carboxylic acids is 1. The average molecular weight is 280 g/mol. The third-order valence-electron chi connectivity index (χ3n) is 4.26. The number of aliphatic carboxylic acids is 1. The molecule has 2 heterocycles. The van der Waals surface area contributed by atoms with Gasteiger partial charge in [-0.3, -0.25) is 9.59 Å². The third-order valence-corrected chi connectivity index (χ3v) is 4.26. The molecule has 6 nitrogen and oxygen atoms in total. The van der Waals surface area contributed by atoms with Gasteiger partial charge in [-0.1, -0.05) is 5.16 Å². The van der Waals surface area contributed by atoms with Gasteiger partial charge < -0.3 is 14.5 Å². The molecule has 110 valence electrons. The highest BCUT2D eigenvalue weighted by atomic mass is 16.5. The molecule has 0 aliphatic carbocycles. The van der Waals surface area contributed by atoms with Gasteiger partial charge >= 0.3 is 5.97 Å². The molecule has 0 bridgehead atoms. The van der Waals surface area contributed by atoms with E-state index < -0.39 is 11.4 Å². The van der Waals surface area contributed by atoms with Crippen LogP contribution < -0.4 is 0 Å². The molecule has 1 aliphatic rings. The molecule has 1 saturated heterocycles. The van der Waals surface area contributed by atoms with Crippen LogP contribution in [0.1, 0.15) is 42.8 Å². The van der Waals surface area contributed by atoms with Crippen molar-refractivity contribution in [2.75, 3.05) is 13.1 Å². The Hall–Kier alpha value is -1.85. The Balaban J connectivity index is 2.13. The number of hydrogen-bond acceptors (Lipinski definition) is 4. The summed E-state index contributed by atoms with van der Waals surface area (Å²) in [5.41, 5.74) is -0.374. The molecule has 6 heteroatoms. The van der Waals surface area contributed by atoms with Gasteiger partial charge in [-0.05, 0) is 39.5 Å². The van der Waals surface area contributed by atoms with E-state index >= 15 is 0 Å². The number of carboxylic acid groups (broad SMARTS) is 1. The molecule has 1 aliphatic heterocycles. The Kier molecular flexibility index (Phi) is 3.83. The Bertz CT molecular complexity index is 521. The molecule has 1 amide bonds. The highest BCUT2D eigenvalue weighted by Gasteiger charge is 2.40. The minimum Gasteiger partial charge on any atom is -0.481 e. The molecule has 0 radical (unpaired) electrons. The molecule has 1 atom stereocenters. The maximum atomic E-state index is 12.4. The molecule has 1 fully saturated rings. The number of nitrogens with zero attached hydrogens (tertiary/aromatic N) is 2. The quantitative estimate of drug-likeness (QED) is 0.914. The summed E-state index contributed by atoms with van der Waals surface area (Å²) in [6, 6.07) is 0. The Morgan fingerprint density at radius 3 is 2.75 bits per heavy atom. The minimum atomic E-state index is -0.831. The molecular weight excluding hydrogens is 260 g/mol. The number of aromatic nitrogens is 1. The first-order valence-electron chi connectivity index (χ1n) is 6.78. The summed E-state index contributed by atoms with van der Waals surface area (Å²) < 4.78 is 4.92. The van der Waals surface area contributed by atoms with E-state index in [0.717, 1.165) is 12.8 Å². The maximum Gasteiger partial charge on any atom is 0.309 e. The van der Waals surface area contributed by atoms with Gasteiger partial charge in [0.25, 0.3) is 5.91 Å². The van der Waals surface area contributed by atoms with Crippen molar-refractivity contribution in [3.05, 3.63) is 17.5 Å². The van der Waals surface area contributed by atoms with Gasteiger partial charge in [0.15, 0.2) is 0 Å². The van der Waals surface area contributed by atoms with E-state index in [2.05, 4.69) is 5.16 Å². The molecule has 2 rings (SSSR count). The first kappa shape index (κ1) is 14.6. The van der Waals surface area contributed by atoms with Crippen LogP contribution in [0.4, 0.5) is 0 Å². The lowest BCUT2D eigenvalue weighted by atomic mass is 9.74. The van der Waals surface area contributed by atoms with E-state index in [-0.39, 0.29) is 11.8 Å². The number of aryl methyl sites for hydroxylation is 1. The van der Waals surface area contributed by atoms with E-state index in [1.807, 2.05) is 0 Å².